The lowest BCUT2D eigenvalue weighted by atomic mass is 10.1. The Morgan fingerprint density at radius 2 is 2.03 bits per heavy atom. The smallest absolute Gasteiger partial charge is 0.382 e. The quantitative estimate of drug-likeness (QED) is 0.292. The molecule has 15 heteroatoms. The van der Waals surface area contributed by atoms with Gasteiger partial charge in [0.25, 0.3) is 5.91 Å². The number of benzene rings is 1. The van der Waals surface area contributed by atoms with Crippen LogP contribution in [-0.2, 0) is 6.18 Å². The van der Waals surface area contributed by atoms with Gasteiger partial charge >= 0.3 is 6.18 Å². The maximum absolute atomic E-state index is 12.8. The van der Waals surface area contributed by atoms with Crippen LogP contribution in [-0.4, -0.2) is 70.0 Å². The first-order valence-corrected chi connectivity index (χ1v) is 12.7. The van der Waals surface area contributed by atoms with Gasteiger partial charge in [-0.05, 0) is 50.8 Å². The highest BCUT2D eigenvalue weighted by Gasteiger charge is 2.35. The second kappa shape index (κ2) is 11.7. The van der Waals surface area contributed by atoms with Crippen molar-refractivity contribution in [3.63, 3.8) is 0 Å². The van der Waals surface area contributed by atoms with E-state index >= 15 is 0 Å². The summed E-state index contributed by atoms with van der Waals surface area (Å²) in [6, 6.07) is 4.66. The summed E-state index contributed by atoms with van der Waals surface area (Å²) < 4.78 is 38.4. The fourth-order valence-electron chi connectivity index (χ4n) is 3.79. The summed E-state index contributed by atoms with van der Waals surface area (Å²) in [4.78, 5) is 30.8. The zero-order valence-electron chi connectivity index (χ0n) is 21.3. The highest BCUT2D eigenvalue weighted by Crippen LogP contribution is 2.33. The van der Waals surface area contributed by atoms with E-state index in [1.54, 1.807) is 19.2 Å². The summed E-state index contributed by atoms with van der Waals surface area (Å²) in [6.45, 7) is 8.89. The highest BCUT2D eigenvalue weighted by molar-refractivity contribution is 7.15. The van der Waals surface area contributed by atoms with Gasteiger partial charge < -0.3 is 20.9 Å². The Morgan fingerprint density at radius 3 is 2.74 bits per heavy atom. The second-order valence-electron chi connectivity index (χ2n) is 8.79. The lowest BCUT2D eigenvalue weighted by Gasteiger charge is -2.21. The minimum Gasteiger partial charge on any atom is -0.382 e. The number of carbonyl (C=O) groups excluding carboxylic acids is 1. The predicted molar refractivity (Wildman–Crippen MR) is 145 cm³/mol. The number of nitrogens with two attached hydrogens (primary N) is 1. The minimum atomic E-state index is -4.65. The van der Waals surface area contributed by atoms with Crippen LogP contribution in [0.25, 0.3) is 0 Å². The molecule has 4 rings (SSSR count). The zero-order chi connectivity index (χ0) is 28.2. The Bertz CT molecular complexity index is 1390. The van der Waals surface area contributed by atoms with Gasteiger partial charge in [0.1, 0.15) is 5.69 Å². The Morgan fingerprint density at radius 1 is 1.23 bits per heavy atom. The van der Waals surface area contributed by atoms with Gasteiger partial charge in [0.15, 0.2) is 5.84 Å². The first kappa shape index (κ1) is 27.9. The molecular formula is C24H27F3N10OS. The van der Waals surface area contributed by atoms with Crippen molar-refractivity contribution in [2.75, 3.05) is 48.8 Å². The monoisotopic (exact) mass is 560 g/mol. The molecule has 0 unspecified atom stereocenters. The van der Waals surface area contributed by atoms with Gasteiger partial charge in [-0.3, -0.25) is 10.1 Å². The van der Waals surface area contributed by atoms with Crippen molar-refractivity contribution in [2.24, 2.45) is 10.7 Å². The van der Waals surface area contributed by atoms with E-state index in [1.165, 1.54) is 18.3 Å². The molecule has 39 heavy (non-hydrogen) atoms. The second-order valence-corrected chi connectivity index (χ2v) is 9.76. The van der Waals surface area contributed by atoms with Crippen LogP contribution in [0.5, 0.6) is 0 Å². The van der Waals surface area contributed by atoms with Crippen LogP contribution in [0.4, 0.5) is 35.6 Å². The number of alkyl halides is 3. The lowest BCUT2D eigenvalue weighted by molar-refractivity contribution is -0.138. The number of nitrogens with one attached hydrogen (secondary N) is 2. The third kappa shape index (κ3) is 6.86. The van der Waals surface area contributed by atoms with Crippen LogP contribution in [0.1, 0.15) is 33.0 Å². The molecule has 1 saturated heterocycles. The third-order valence-electron chi connectivity index (χ3n) is 5.88. The molecular weight excluding hydrogens is 533 g/mol. The first-order chi connectivity index (χ1) is 18.5. The van der Waals surface area contributed by atoms with Gasteiger partial charge in [0.05, 0.1) is 17.6 Å². The number of amides is 1. The number of rotatable bonds is 7. The number of amidine groups is 1. The summed E-state index contributed by atoms with van der Waals surface area (Å²) >= 11 is 0.236. The van der Waals surface area contributed by atoms with Crippen molar-refractivity contribution in [3.8, 4) is 0 Å². The summed E-state index contributed by atoms with van der Waals surface area (Å²) in [6.07, 6.45) is -0.587. The number of likely N-dealkylation sites (N-methyl/N-ethyl adjacent to an activating group) is 1. The van der Waals surface area contributed by atoms with Crippen LogP contribution < -0.4 is 21.3 Å². The summed E-state index contributed by atoms with van der Waals surface area (Å²) in [5.41, 5.74) is 8.52. The van der Waals surface area contributed by atoms with Gasteiger partial charge in [-0.2, -0.15) is 13.2 Å². The minimum absolute atomic E-state index is 0.0783. The average molecular weight is 561 g/mol. The van der Waals surface area contributed by atoms with Crippen LogP contribution in [0.2, 0.25) is 0 Å². The molecule has 0 aliphatic carbocycles. The van der Waals surface area contributed by atoms with Gasteiger partial charge in [0, 0.05) is 25.2 Å². The number of nitrogens with zero attached hydrogens (tertiary/aromatic N) is 7. The van der Waals surface area contributed by atoms with E-state index in [0.29, 0.717) is 28.6 Å². The van der Waals surface area contributed by atoms with Gasteiger partial charge in [-0.25, -0.2) is 15.0 Å². The normalized spacial score (nSPS) is 15.1. The van der Waals surface area contributed by atoms with Crippen molar-refractivity contribution in [3.05, 3.63) is 59.0 Å². The number of aliphatic imine (C=N–C) groups is 1. The van der Waals surface area contributed by atoms with Crippen molar-refractivity contribution >= 4 is 45.5 Å². The van der Waals surface area contributed by atoms with Gasteiger partial charge in [-0.15, -0.1) is 10.2 Å². The standard InChI is InChI=1S/C24H27F3N10OS/c1-4-29-17-13-30-22(37-9-5-8-36(3)10-11-37)32-18(17)19(28)31-16-12-15(7-6-14(16)2)20(38)33-23-35-34-21(39-23)24(25,26)27/h4,6-7,12-13,29H,1,5,8-11H2,2-3H3,(H2,28,31)(H,33,35,38). The summed E-state index contributed by atoms with van der Waals surface area (Å²) in [5, 5.41) is 10.3. The molecule has 0 saturated carbocycles. The SMILES string of the molecule is C=CNc1cnc(N2CCCN(C)CC2)nc1C(N)=Nc1cc(C(=O)Nc2nnc(C(F)(F)F)s2)ccc1C. The number of aryl methyl sites for hydroxylation is 1. The predicted octanol–water partition coefficient (Wildman–Crippen LogP) is 3.64. The molecule has 1 fully saturated rings. The maximum atomic E-state index is 12.8. The molecule has 1 amide bonds. The van der Waals surface area contributed by atoms with Crippen molar-refractivity contribution in [2.45, 2.75) is 19.5 Å². The Balaban J connectivity index is 1.61. The molecule has 0 spiro atoms. The van der Waals surface area contributed by atoms with E-state index in [0.717, 1.165) is 32.6 Å². The summed E-state index contributed by atoms with van der Waals surface area (Å²) in [5.74, 6) is -0.0675. The number of hydrogen-bond donors (Lipinski definition) is 3. The molecule has 3 heterocycles. The number of carbonyl (C=O) groups is 1. The van der Waals surface area contributed by atoms with E-state index < -0.39 is 17.1 Å². The van der Waals surface area contributed by atoms with Crippen LogP contribution in [0, 0.1) is 6.92 Å². The van der Waals surface area contributed by atoms with Crippen molar-refractivity contribution in [1.82, 2.24) is 25.1 Å². The molecule has 0 radical (unpaired) electrons. The molecule has 3 aromatic rings. The molecule has 2 aromatic heterocycles. The van der Waals surface area contributed by atoms with E-state index in [1.807, 2.05) is 0 Å². The number of aromatic nitrogens is 4. The summed E-state index contributed by atoms with van der Waals surface area (Å²) in [7, 11) is 2.07. The van der Waals surface area contributed by atoms with E-state index in [2.05, 4.69) is 59.2 Å². The molecule has 206 valence electrons. The third-order valence-corrected chi connectivity index (χ3v) is 6.76. The Labute approximate surface area is 226 Å². The molecule has 0 bridgehead atoms. The molecule has 11 nitrogen and oxygen atoms in total. The van der Waals surface area contributed by atoms with Crippen molar-refractivity contribution < 1.29 is 18.0 Å². The maximum Gasteiger partial charge on any atom is 0.445 e. The number of anilines is 3. The molecule has 1 aromatic carbocycles. The molecule has 4 N–H and O–H groups in total. The number of halogens is 3. The van der Waals surface area contributed by atoms with E-state index in [-0.39, 0.29) is 27.9 Å². The largest absolute Gasteiger partial charge is 0.445 e. The topological polar surface area (TPSA) is 138 Å². The molecule has 0 atom stereocenters. The zero-order valence-corrected chi connectivity index (χ0v) is 22.1. The Hall–Kier alpha value is -4.11. The lowest BCUT2D eigenvalue weighted by Crippen LogP contribution is -2.31. The number of hydrogen-bond acceptors (Lipinski definition) is 10. The van der Waals surface area contributed by atoms with Gasteiger partial charge in [0.2, 0.25) is 16.1 Å². The van der Waals surface area contributed by atoms with Crippen LogP contribution >= 0.6 is 11.3 Å². The fourth-order valence-corrected chi connectivity index (χ4v) is 4.40. The van der Waals surface area contributed by atoms with Crippen molar-refractivity contribution in [1.29, 1.82) is 0 Å². The van der Waals surface area contributed by atoms with Gasteiger partial charge in [-0.1, -0.05) is 24.0 Å². The van der Waals surface area contributed by atoms with E-state index in [9.17, 15) is 18.0 Å². The molecule has 1 aliphatic rings. The first-order valence-electron chi connectivity index (χ1n) is 11.9. The average Bonchev–Trinajstić information content (AvgIpc) is 3.26. The van der Waals surface area contributed by atoms with Crippen LogP contribution in [0.3, 0.4) is 0 Å². The fraction of sp³-hybridized carbons (Fsp3) is 0.333. The Kier molecular flexibility index (Phi) is 8.40. The molecule has 1 aliphatic heterocycles. The highest BCUT2D eigenvalue weighted by atomic mass is 32.1. The van der Waals surface area contributed by atoms with E-state index in [4.69, 9.17) is 5.73 Å². The van der Waals surface area contributed by atoms with Crippen LogP contribution in [0.15, 0.2) is 42.2 Å².